The zero-order valence-electron chi connectivity index (χ0n) is 9.98. The van der Waals surface area contributed by atoms with Crippen LogP contribution in [-0.2, 0) is 6.54 Å². The molecule has 3 heteroatoms. The SMILES string of the molecule is N#CCCCSc1cccc(CNC2CC2)c1. The molecule has 0 unspecified atom stereocenters. The van der Waals surface area contributed by atoms with Crippen LogP contribution in [0.3, 0.4) is 0 Å². The molecule has 17 heavy (non-hydrogen) atoms. The van der Waals surface area contributed by atoms with Gasteiger partial charge in [-0.15, -0.1) is 11.8 Å². The second-order valence-electron chi connectivity index (χ2n) is 4.41. The summed E-state index contributed by atoms with van der Waals surface area (Å²) in [7, 11) is 0. The van der Waals surface area contributed by atoms with E-state index >= 15 is 0 Å². The fourth-order valence-corrected chi connectivity index (χ4v) is 2.57. The van der Waals surface area contributed by atoms with Crippen LogP contribution in [0.4, 0.5) is 0 Å². The Morgan fingerprint density at radius 1 is 1.41 bits per heavy atom. The fourth-order valence-electron chi connectivity index (χ4n) is 1.64. The van der Waals surface area contributed by atoms with E-state index in [0.717, 1.165) is 24.8 Å². The first kappa shape index (κ1) is 12.5. The maximum atomic E-state index is 8.47. The van der Waals surface area contributed by atoms with E-state index in [1.807, 2.05) is 11.8 Å². The van der Waals surface area contributed by atoms with E-state index in [-0.39, 0.29) is 0 Å². The number of thioether (sulfide) groups is 1. The van der Waals surface area contributed by atoms with Gasteiger partial charge in [0.05, 0.1) is 6.07 Å². The molecule has 0 amide bonds. The summed E-state index contributed by atoms with van der Waals surface area (Å²) >= 11 is 1.85. The molecule has 0 saturated heterocycles. The summed E-state index contributed by atoms with van der Waals surface area (Å²) < 4.78 is 0. The summed E-state index contributed by atoms with van der Waals surface area (Å²) in [5.74, 6) is 1.03. The van der Waals surface area contributed by atoms with Crippen LogP contribution in [0.15, 0.2) is 29.2 Å². The van der Waals surface area contributed by atoms with Crippen molar-refractivity contribution >= 4 is 11.8 Å². The largest absolute Gasteiger partial charge is 0.310 e. The van der Waals surface area contributed by atoms with Crippen LogP contribution in [-0.4, -0.2) is 11.8 Å². The van der Waals surface area contributed by atoms with Crippen LogP contribution in [0, 0.1) is 11.3 Å². The number of hydrogen-bond donors (Lipinski definition) is 1. The highest BCUT2D eigenvalue weighted by molar-refractivity contribution is 7.99. The number of rotatable bonds is 7. The van der Waals surface area contributed by atoms with Gasteiger partial charge in [0.15, 0.2) is 0 Å². The minimum absolute atomic E-state index is 0.663. The van der Waals surface area contributed by atoms with Gasteiger partial charge in [0.2, 0.25) is 0 Å². The first-order valence-electron chi connectivity index (χ1n) is 6.20. The first-order valence-corrected chi connectivity index (χ1v) is 7.19. The lowest BCUT2D eigenvalue weighted by Gasteiger charge is -2.05. The Morgan fingerprint density at radius 3 is 3.06 bits per heavy atom. The molecular formula is C14H18N2S. The highest BCUT2D eigenvalue weighted by Crippen LogP contribution is 2.22. The zero-order valence-corrected chi connectivity index (χ0v) is 10.8. The maximum Gasteiger partial charge on any atom is 0.0622 e. The quantitative estimate of drug-likeness (QED) is 0.592. The molecule has 1 aliphatic rings. The highest BCUT2D eigenvalue weighted by Gasteiger charge is 2.19. The van der Waals surface area contributed by atoms with Crippen molar-refractivity contribution in [2.24, 2.45) is 0 Å². The normalized spacial score (nSPS) is 14.5. The minimum Gasteiger partial charge on any atom is -0.310 e. The van der Waals surface area contributed by atoms with E-state index < -0.39 is 0 Å². The minimum atomic E-state index is 0.663. The lowest BCUT2D eigenvalue weighted by atomic mass is 10.2. The summed E-state index contributed by atoms with van der Waals surface area (Å²) in [6.45, 7) is 0.983. The van der Waals surface area contributed by atoms with Crippen molar-refractivity contribution in [1.82, 2.24) is 5.32 Å². The van der Waals surface area contributed by atoms with Gasteiger partial charge in [-0.3, -0.25) is 0 Å². The molecule has 2 rings (SSSR count). The van der Waals surface area contributed by atoms with Crippen molar-refractivity contribution in [2.75, 3.05) is 5.75 Å². The number of nitrogens with zero attached hydrogens (tertiary/aromatic N) is 1. The van der Waals surface area contributed by atoms with E-state index in [9.17, 15) is 0 Å². The summed E-state index contributed by atoms with van der Waals surface area (Å²) in [5.41, 5.74) is 1.36. The predicted molar refractivity (Wildman–Crippen MR) is 71.9 cm³/mol. The van der Waals surface area contributed by atoms with E-state index in [1.54, 1.807) is 0 Å². The van der Waals surface area contributed by atoms with Crippen LogP contribution in [0.2, 0.25) is 0 Å². The van der Waals surface area contributed by atoms with Gasteiger partial charge in [-0.05, 0) is 42.7 Å². The van der Waals surface area contributed by atoms with E-state index in [4.69, 9.17) is 5.26 Å². The number of benzene rings is 1. The Kier molecular flexibility index (Phi) is 4.90. The van der Waals surface area contributed by atoms with E-state index in [0.29, 0.717) is 6.42 Å². The van der Waals surface area contributed by atoms with Gasteiger partial charge in [-0.2, -0.15) is 5.26 Å². The Bertz CT molecular complexity index is 393. The third-order valence-corrected chi connectivity index (χ3v) is 3.85. The van der Waals surface area contributed by atoms with Crippen molar-refractivity contribution in [3.05, 3.63) is 29.8 Å². The molecule has 0 radical (unpaired) electrons. The lowest BCUT2D eigenvalue weighted by Crippen LogP contribution is -2.15. The van der Waals surface area contributed by atoms with Gasteiger partial charge in [0, 0.05) is 23.9 Å². The highest BCUT2D eigenvalue weighted by atomic mass is 32.2. The second-order valence-corrected chi connectivity index (χ2v) is 5.58. The smallest absolute Gasteiger partial charge is 0.0622 e. The van der Waals surface area contributed by atoms with Crippen LogP contribution in [0.5, 0.6) is 0 Å². The molecule has 0 heterocycles. The van der Waals surface area contributed by atoms with Gasteiger partial charge < -0.3 is 5.32 Å². The molecule has 0 spiro atoms. The van der Waals surface area contributed by atoms with Gasteiger partial charge in [-0.1, -0.05) is 12.1 Å². The Labute approximate surface area is 107 Å². The van der Waals surface area contributed by atoms with Crippen molar-refractivity contribution in [3.63, 3.8) is 0 Å². The average molecular weight is 246 g/mol. The van der Waals surface area contributed by atoms with Crippen LogP contribution >= 0.6 is 11.8 Å². The Hall–Kier alpha value is -0.980. The molecule has 90 valence electrons. The zero-order chi connectivity index (χ0) is 11.9. The molecule has 1 N–H and O–H groups in total. The second kappa shape index (κ2) is 6.68. The predicted octanol–water partition coefficient (Wildman–Crippen LogP) is 3.33. The summed E-state index contributed by atoms with van der Waals surface area (Å²) in [4.78, 5) is 1.32. The molecule has 0 aromatic heterocycles. The van der Waals surface area contributed by atoms with Crippen LogP contribution in [0.1, 0.15) is 31.2 Å². The third kappa shape index (κ3) is 4.80. The van der Waals surface area contributed by atoms with Crippen LogP contribution in [0.25, 0.3) is 0 Å². The van der Waals surface area contributed by atoms with Gasteiger partial charge in [-0.25, -0.2) is 0 Å². The molecule has 1 fully saturated rings. The van der Waals surface area contributed by atoms with Crippen molar-refractivity contribution in [3.8, 4) is 6.07 Å². The number of nitrogens with one attached hydrogen (secondary N) is 1. The Morgan fingerprint density at radius 2 is 2.29 bits per heavy atom. The molecule has 0 aliphatic heterocycles. The van der Waals surface area contributed by atoms with Crippen LogP contribution < -0.4 is 5.32 Å². The number of nitriles is 1. The number of hydrogen-bond acceptors (Lipinski definition) is 3. The standard InChI is InChI=1S/C14H18N2S/c15-8-1-2-9-17-14-5-3-4-12(10-14)11-16-13-6-7-13/h3-5,10,13,16H,1-2,6-7,9,11H2. The van der Waals surface area contributed by atoms with E-state index in [1.165, 1.54) is 23.3 Å². The molecule has 2 nitrogen and oxygen atoms in total. The van der Waals surface area contributed by atoms with Gasteiger partial charge in [0.1, 0.15) is 0 Å². The average Bonchev–Trinajstić information content (AvgIpc) is 3.17. The molecule has 0 atom stereocenters. The van der Waals surface area contributed by atoms with Crippen molar-refractivity contribution in [2.45, 2.75) is 43.2 Å². The van der Waals surface area contributed by atoms with Crippen molar-refractivity contribution < 1.29 is 0 Å². The molecule has 1 aliphatic carbocycles. The van der Waals surface area contributed by atoms with Gasteiger partial charge >= 0.3 is 0 Å². The monoisotopic (exact) mass is 246 g/mol. The molecular weight excluding hydrogens is 228 g/mol. The first-order chi connectivity index (χ1) is 8.38. The third-order valence-electron chi connectivity index (χ3n) is 2.77. The summed E-state index contributed by atoms with van der Waals surface area (Å²) in [6, 6.07) is 11.7. The molecule has 1 aromatic rings. The lowest BCUT2D eigenvalue weighted by molar-refractivity contribution is 0.687. The topological polar surface area (TPSA) is 35.8 Å². The maximum absolute atomic E-state index is 8.47. The molecule has 1 aromatic carbocycles. The fraction of sp³-hybridized carbons (Fsp3) is 0.500. The summed E-state index contributed by atoms with van der Waals surface area (Å²) in [5, 5.41) is 12.0. The van der Waals surface area contributed by atoms with Crippen molar-refractivity contribution in [1.29, 1.82) is 5.26 Å². The van der Waals surface area contributed by atoms with Gasteiger partial charge in [0.25, 0.3) is 0 Å². The summed E-state index contributed by atoms with van der Waals surface area (Å²) in [6.07, 6.45) is 4.31. The molecule has 1 saturated carbocycles. The Balaban J connectivity index is 1.76. The molecule has 0 bridgehead atoms. The van der Waals surface area contributed by atoms with E-state index in [2.05, 4.69) is 35.7 Å². The number of unbranched alkanes of at least 4 members (excludes halogenated alkanes) is 1.